The second-order valence-corrected chi connectivity index (χ2v) is 8.52. The van der Waals surface area contributed by atoms with Crippen molar-refractivity contribution in [3.05, 3.63) is 59.7 Å². The number of imide groups is 1. The molecule has 0 unspecified atom stereocenters. The molecule has 3 aliphatic rings. The number of ether oxygens (including phenoxy) is 2. The van der Waals surface area contributed by atoms with Crippen LogP contribution in [0.3, 0.4) is 0 Å². The van der Waals surface area contributed by atoms with Gasteiger partial charge < -0.3 is 14.8 Å². The summed E-state index contributed by atoms with van der Waals surface area (Å²) < 4.78 is 10.6. The minimum atomic E-state index is -0.431. The maximum Gasteiger partial charge on any atom is 0.257 e. The van der Waals surface area contributed by atoms with Crippen molar-refractivity contribution in [2.75, 3.05) is 24.4 Å². The van der Waals surface area contributed by atoms with Crippen molar-refractivity contribution in [2.45, 2.75) is 13.3 Å². The van der Waals surface area contributed by atoms with Crippen LogP contribution in [0.25, 0.3) is 0 Å². The molecule has 3 amide bonds. The normalized spacial score (nSPS) is 25.6. The molecule has 1 saturated carbocycles. The van der Waals surface area contributed by atoms with E-state index in [1.807, 2.05) is 6.92 Å². The zero-order chi connectivity index (χ0) is 22.6. The fourth-order valence-electron chi connectivity index (χ4n) is 5.46. The molecule has 0 aromatic heterocycles. The summed E-state index contributed by atoms with van der Waals surface area (Å²) in [6.07, 6.45) is 3.00. The van der Waals surface area contributed by atoms with E-state index in [1.54, 1.807) is 49.6 Å². The number of carbonyl (C=O) groups excluding carboxylic acids is 3. The molecule has 1 N–H and O–H groups in total. The topological polar surface area (TPSA) is 84.9 Å². The Balaban J connectivity index is 1.46. The summed E-state index contributed by atoms with van der Waals surface area (Å²) in [5.41, 5.74) is 2.22. The molecule has 164 valence electrons. The van der Waals surface area contributed by atoms with Gasteiger partial charge in [0, 0.05) is 6.07 Å². The van der Waals surface area contributed by atoms with Crippen molar-refractivity contribution < 1.29 is 23.9 Å². The van der Waals surface area contributed by atoms with Crippen LogP contribution in [0.15, 0.2) is 54.1 Å². The molecule has 0 spiro atoms. The number of allylic oxidation sites excluding steroid dienone is 2. The Bertz CT molecular complexity index is 1170. The predicted molar refractivity (Wildman–Crippen MR) is 119 cm³/mol. The van der Waals surface area contributed by atoms with Crippen LogP contribution < -0.4 is 19.7 Å². The first-order valence-corrected chi connectivity index (χ1v) is 10.6. The number of fused-ring (bicyclic) bond motifs is 5. The Morgan fingerprint density at radius 1 is 1.03 bits per heavy atom. The maximum atomic E-state index is 13.3. The van der Waals surface area contributed by atoms with Crippen molar-refractivity contribution in [1.29, 1.82) is 0 Å². The van der Waals surface area contributed by atoms with Crippen molar-refractivity contribution in [2.24, 2.45) is 23.7 Å². The second-order valence-electron chi connectivity index (χ2n) is 8.52. The second kappa shape index (κ2) is 7.51. The zero-order valence-corrected chi connectivity index (χ0v) is 18.1. The molecule has 1 heterocycles. The molecule has 0 radical (unpaired) electrons. The standard InChI is InChI=1S/C25H24N2O5/c1-13-10-14-11-17(13)22-21(14)24(29)27(25(22)30)19-7-5-4-6-16(19)23(28)26-18-9-8-15(31-2)12-20(18)32-3/h4-10,12,14,17,21-22H,11H2,1-3H3,(H,26,28)/t14-,17+,21-,22+/m0/s1. The number of amides is 3. The molecule has 7 nitrogen and oxygen atoms in total. The molecule has 7 heteroatoms. The van der Waals surface area contributed by atoms with Crippen molar-refractivity contribution in [3.8, 4) is 11.5 Å². The minimum absolute atomic E-state index is 0.107. The molecule has 32 heavy (non-hydrogen) atoms. The SMILES string of the molecule is COc1ccc(NC(=O)c2ccccc2N2C(=O)[C@@H]3[C@H](C2=O)[C@@H]2C[C@@H]3C=C2C)c(OC)c1. The highest BCUT2D eigenvalue weighted by molar-refractivity contribution is 6.25. The fourth-order valence-corrected chi connectivity index (χ4v) is 5.46. The number of nitrogens with zero attached hydrogens (tertiary/aromatic N) is 1. The maximum absolute atomic E-state index is 13.3. The average molecular weight is 432 g/mol. The monoisotopic (exact) mass is 432 g/mol. The van der Waals surface area contributed by atoms with Gasteiger partial charge in [-0.2, -0.15) is 0 Å². The van der Waals surface area contributed by atoms with E-state index < -0.39 is 5.91 Å². The smallest absolute Gasteiger partial charge is 0.257 e. The summed E-state index contributed by atoms with van der Waals surface area (Å²) in [6.45, 7) is 2.03. The van der Waals surface area contributed by atoms with Gasteiger partial charge in [0.15, 0.2) is 0 Å². The summed E-state index contributed by atoms with van der Waals surface area (Å²) in [7, 11) is 3.05. The number of benzene rings is 2. The zero-order valence-electron chi connectivity index (χ0n) is 18.1. The Kier molecular flexibility index (Phi) is 4.77. The Hall–Kier alpha value is -3.61. The van der Waals surface area contributed by atoms with Crippen LogP contribution in [-0.4, -0.2) is 31.9 Å². The number of anilines is 2. The number of hydrogen-bond donors (Lipinski definition) is 1. The first-order chi connectivity index (χ1) is 15.4. The lowest BCUT2D eigenvalue weighted by atomic mass is 9.82. The number of nitrogens with one attached hydrogen (secondary N) is 1. The number of rotatable bonds is 5. The minimum Gasteiger partial charge on any atom is -0.497 e. The van der Waals surface area contributed by atoms with E-state index in [4.69, 9.17) is 9.47 Å². The number of carbonyl (C=O) groups is 3. The molecule has 1 saturated heterocycles. The molecule has 2 aromatic rings. The van der Waals surface area contributed by atoms with Gasteiger partial charge in [-0.3, -0.25) is 14.4 Å². The molecule has 2 aromatic carbocycles. The lowest BCUT2D eigenvalue weighted by molar-refractivity contribution is -0.123. The van der Waals surface area contributed by atoms with Crippen molar-refractivity contribution >= 4 is 29.1 Å². The van der Waals surface area contributed by atoms with E-state index in [2.05, 4.69) is 11.4 Å². The lowest BCUT2D eigenvalue weighted by Gasteiger charge is -2.21. The van der Waals surface area contributed by atoms with Gasteiger partial charge in [-0.05, 0) is 49.4 Å². The van der Waals surface area contributed by atoms with Gasteiger partial charge in [-0.25, -0.2) is 4.90 Å². The number of para-hydroxylation sites is 1. The molecule has 5 rings (SSSR count). The van der Waals surface area contributed by atoms with Gasteiger partial charge in [0.25, 0.3) is 5.91 Å². The highest BCUT2D eigenvalue weighted by Gasteiger charge is 2.61. The van der Waals surface area contributed by atoms with Gasteiger partial charge >= 0.3 is 0 Å². The van der Waals surface area contributed by atoms with Gasteiger partial charge in [0.1, 0.15) is 11.5 Å². The van der Waals surface area contributed by atoms with Crippen LogP contribution in [0.2, 0.25) is 0 Å². The number of methoxy groups -OCH3 is 2. The molecule has 2 bridgehead atoms. The van der Waals surface area contributed by atoms with Crippen LogP contribution in [-0.2, 0) is 9.59 Å². The Morgan fingerprint density at radius 2 is 1.78 bits per heavy atom. The Labute approximate surface area is 186 Å². The third-order valence-electron chi connectivity index (χ3n) is 6.93. The van der Waals surface area contributed by atoms with E-state index >= 15 is 0 Å². The molecule has 1 aliphatic heterocycles. The van der Waals surface area contributed by atoms with E-state index in [-0.39, 0.29) is 41.0 Å². The largest absolute Gasteiger partial charge is 0.497 e. The van der Waals surface area contributed by atoms with Crippen molar-refractivity contribution in [1.82, 2.24) is 0 Å². The summed E-state index contributed by atoms with van der Waals surface area (Å²) in [4.78, 5) is 41.1. The van der Waals surface area contributed by atoms with Crippen LogP contribution >= 0.6 is 0 Å². The third kappa shape index (κ3) is 2.92. The van der Waals surface area contributed by atoms with E-state index in [0.29, 0.717) is 22.9 Å². The molecular formula is C25H24N2O5. The van der Waals surface area contributed by atoms with Crippen molar-refractivity contribution in [3.63, 3.8) is 0 Å². The molecular weight excluding hydrogens is 408 g/mol. The molecule has 2 aliphatic carbocycles. The summed E-state index contributed by atoms with van der Waals surface area (Å²) in [5, 5.41) is 2.83. The van der Waals surface area contributed by atoms with Gasteiger partial charge in [0.2, 0.25) is 11.8 Å². The van der Waals surface area contributed by atoms with Crippen LogP contribution in [0.1, 0.15) is 23.7 Å². The van der Waals surface area contributed by atoms with Crippen LogP contribution in [0.5, 0.6) is 11.5 Å². The van der Waals surface area contributed by atoms with Gasteiger partial charge in [0.05, 0.1) is 43.0 Å². The molecule has 4 atom stereocenters. The van der Waals surface area contributed by atoms with Crippen LogP contribution in [0.4, 0.5) is 11.4 Å². The predicted octanol–water partition coefficient (Wildman–Crippen LogP) is 3.66. The Morgan fingerprint density at radius 3 is 2.53 bits per heavy atom. The van der Waals surface area contributed by atoms with Gasteiger partial charge in [-0.1, -0.05) is 23.8 Å². The summed E-state index contributed by atoms with van der Waals surface area (Å²) in [6, 6.07) is 11.8. The summed E-state index contributed by atoms with van der Waals surface area (Å²) >= 11 is 0. The highest BCUT2D eigenvalue weighted by atomic mass is 16.5. The highest BCUT2D eigenvalue weighted by Crippen LogP contribution is 2.56. The van der Waals surface area contributed by atoms with Gasteiger partial charge in [-0.15, -0.1) is 0 Å². The first-order valence-electron chi connectivity index (χ1n) is 10.6. The lowest BCUT2D eigenvalue weighted by Crippen LogP contribution is -2.34. The number of hydrogen-bond acceptors (Lipinski definition) is 5. The van der Waals surface area contributed by atoms with E-state index in [0.717, 1.165) is 6.42 Å². The quantitative estimate of drug-likeness (QED) is 0.576. The molecule has 2 fully saturated rings. The van der Waals surface area contributed by atoms with E-state index in [9.17, 15) is 14.4 Å². The first kappa shape index (κ1) is 20.3. The fraction of sp³-hybridized carbons (Fsp3) is 0.320. The third-order valence-corrected chi connectivity index (χ3v) is 6.93. The van der Waals surface area contributed by atoms with Crippen LogP contribution in [0, 0.1) is 23.7 Å². The average Bonchev–Trinajstić information content (AvgIpc) is 3.44. The van der Waals surface area contributed by atoms with E-state index in [1.165, 1.54) is 17.6 Å². The summed E-state index contributed by atoms with van der Waals surface area (Å²) in [5.74, 6) is -0.231.